The Morgan fingerprint density at radius 1 is 0.840 bits per heavy atom. The summed E-state index contributed by atoms with van der Waals surface area (Å²) in [6, 6.07) is 7.63. The van der Waals surface area contributed by atoms with Gasteiger partial charge in [-0.3, -0.25) is 5.10 Å². The minimum absolute atomic E-state index is 0.676. The maximum Gasteiger partial charge on any atom is 0.119 e. The molecule has 0 aliphatic carbocycles. The summed E-state index contributed by atoms with van der Waals surface area (Å²) in [5, 5.41) is 6.13. The number of nitrogens with two attached hydrogens (primary N) is 2. The van der Waals surface area contributed by atoms with E-state index >= 15 is 0 Å². The molecule has 1 aromatic carbocycles. The third-order valence-electron chi connectivity index (χ3n) is 3.92. The van der Waals surface area contributed by atoms with Crippen LogP contribution in [0.3, 0.4) is 0 Å². The molecule has 0 bridgehead atoms. The Bertz CT molecular complexity index is 511. The van der Waals surface area contributed by atoms with Crippen LogP contribution in [0.25, 0.3) is 0 Å². The van der Waals surface area contributed by atoms with Gasteiger partial charge in [-0.05, 0) is 30.7 Å². The van der Waals surface area contributed by atoms with Crippen LogP contribution < -0.4 is 16.2 Å². The summed E-state index contributed by atoms with van der Waals surface area (Å²) in [5.74, 6) is 0.925. The highest BCUT2D eigenvalue weighted by molar-refractivity contribution is 5.41. The fourth-order valence-electron chi connectivity index (χ4n) is 2.43. The van der Waals surface area contributed by atoms with E-state index in [1.165, 1.54) is 51.4 Å². The molecule has 1 heterocycles. The van der Waals surface area contributed by atoms with Crippen LogP contribution >= 0.6 is 0 Å². The summed E-state index contributed by atoms with van der Waals surface area (Å²) in [6.07, 6.45) is 15.3. The van der Waals surface area contributed by atoms with Gasteiger partial charge in [0.05, 0.1) is 18.5 Å². The first-order valence-electron chi connectivity index (χ1n) is 9.45. The highest BCUT2D eigenvalue weighted by atomic mass is 16.5. The van der Waals surface area contributed by atoms with Crippen molar-refractivity contribution in [1.29, 1.82) is 0 Å². The van der Waals surface area contributed by atoms with E-state index in [4.69, 9.17) is 16.2 Å². The number of hydrogen-bond donors (Lipinski definition) is 3. The number of nitrogens with zero attached hydrogens (tertiary/aromatic N) is 1. The molecule has 0 aliphatic rings. The van der Waals surface area contributed by atoms with Gasteiger partial charge in [0, 0.05) is 11.9 Å². The molecule has 0 aliphatic heterocycles. The Balaban J connectivity index is 0.000000435. The summed E-state index contributed by atoms with van der Waals surface area (Å²) in [5.41, 5.74) is 12.3. The SMILES string of the molecule is CCCCCCCCCCCOc1ccc(N)cc1.Nc1cn[nH]c1. The molecule has 2 rings (SSSR count). The van der Waals surface area contributed by atoms with Gasteiger partial charge in [-0.1, -0.05) is 58.3 Å². The monoisotopic (exact) mass is 346 g/mol. The number of anilines is 2. The lowest BCUT2D eigenvalue weighted by Crippen LogP contribution is -1.97. The third-order valence-corrected chi connectivity index (χ3v) is 3.92. The summed E-state index contributed by atoms with van der Waals surface area (Å²) < 4.78 is 5.67. The summed E-state index contributed by atoms with van der Waals surface area (Å²) in [7, 11) is 0. The Morgan fingerprint density at radius 3 is 1.92 bits per heavy atom. The molecular weight excluding hydrogens is 312 g/mol. The molecule has 2 aromatic rings. The number of benzene rings is 1. The van der Waals surface area contributed by atoms with E-state index in [1.54, 1.807) is 12.4 Å². The van der Waals surface area contributed by atoms with Gasteiger partial charge in [-0.2, -0.15) is 5.10 Å². The van der Waals surface area contributed by atoms with E-state index in [1.807, 2.05) is 24.3 Å². The molecule has 25 heavy (non-hydrogen) atoms. The maximum atomic E-state index is 5.67. The molecular formula is C20H34N4O. The average molecular weight is 347 g/mol. The molecule has 5 heteroatoms. The van der Waals surface area contributed by atoms with Gasteiger partial charge in [0.25, 0.3) is 0 Å². The predicted octanol–water partition coefficient (Wildman–Crippen LogP) is 5.17. The van der Waals surface area contributed by atoms with Crippen molar-refractivity contribution in [3.8, 4) is 5.75 Å². The number of aromatic nitrogens is 2. The fraction of sp³-hybridized carbons (Fsp3) is 0.550. The first kappa shape index (κ1) is 20.9. The highest BCUT2D eigenvalue weighted by Gasteiger charge is 1.95. The Hall–Kier alpha value is -2.17. The Morgan fingerprint density at radius 2 is 1.44 bits per heavy atom. The van der Waals surface area contributed by atoms with E-state index in [9.17, 15) is 0 Å². The van der Waals surface area contributed by atoms with Gasteiger partial charge in [0.1, 0.15) is 5.75 Å². The minimum atomic E-state index is 0.676. The van der Waals surface area contributed by atoms with Gasteiger partial charge in [-0.15, -0.1) is 0 Å². The van der Waals surface area contributed by atoms with Gasteiger partial charge in [0.2, 0.25) is 0 Å². The zero-order chi connectivity index (χ0) is 18.2. The molecule has 0 saturated carbocycles. The lowest BCUT2D eigenvalue weighted by Gasteiger charge is -2.06. The molecule has 0 fully saturated rings. The molecule has 0 unspecified atom stereocenters. The number of nitrogens with one attached hydrogen (secondary N) is 1. The number of hydrogen-bond acceptors (Lipinski definition) is 4. The molecule has 0 atom stereocenters. The van der Waals surface area contributed by atoms with Crippen molar-refractivity contribution in [2.45, 2.75) is 64.7 Å². The topological polar surface area (TPSA) is 89.9 Å². The third kappa shape index (κ3) is 11.9. The lowest BCUT2D eigenvalue weighted by molar-refractivity contribution is 0.304. The van der Waals surface area contributed by atoms with Crippen LogP contribution in [0.4, 0.5) is 11.4 Å². The number of unbranched alkanes of at least 4 members (excludes halogenated alkanes) is 8. The van der Waals surface area contributed by atoms with E-state index in [0.717, 1.165) is 24.5 Å². The fourth-order valence-corrected chi connectivity index (χ4v) is 2.43. The number of H-pyrrole nitrogens is 1. The first-order valence-corrected chi connectivity index (χ1v) is 9.45. The van der Waals surface area contributed by atoms with Gasteiger partial charge in [-0.25, -0.2) is 0 Å². The van der Waals surface area contributed by atoms with E-state index in [2.05, 4.69) is 17.1 Å². The van der Waals surface area contributed by atoms with Crippen LogP contribution in [-0.2, 0) is 0 Å². The summed E-state index contributed by atoms with van der Waals surface area (Å²) in [4.78, 5) is 0. The lowest BCUT2D eigenvalue weighted by atomic mass is 10.1. The molecule has 0 spiro atoms. The smallest absolute Gasteiger partial charge is 0.119 e. The van der Waals surface area contributed by atoms with E-state index in [-0.39, 0.29) is 0 Å². The maximum absolute atomic E-state index is 5.67. The van der Waals surface area contributed by atoms with Crippen molar-refractivity contribution in [3.05, 3.63) is 36.7 Å². The number of nitrogen functional groups attached to an aromatic ring is 2. The van der Waals surface area contributed by atoms with Crippen molar-refractivity contribution in [3.63, 3.8) is 0 Å². The number of rotatable bonds is 11. The number of ether oxygens (including phenoxy) is 1. The van der Waals surface area contributed by atoms with Gasteiger partial charge >= 0.3 is 0 Å². The quantitative estimate of drug-likeness (QED) is 0.387. The molecule has 0 radical (unpaired) electrons. The largest absolute Gasteiger partial charge is 0.494 e. The van der Waals surface area contributed by atoms with Crippen LogP contribution in [0.1, 0.15) is 64.7 Å². The van der Waals surface area contributed by atoms with Crippen LogP contribution in [0.5, 0.6) is 5.75 Å². The van der Waals surface area contributed by atoms with Gasteiger partial charge < -0.3 is 16.2 Å². The molecule has 5 N–H and O–H groups in total. The second-order valence-corrected chi connectivity index (χ2v) is 6.28. The molecule has 140 valence electrons. The Kier molecular flexibility index (Phi) is 11.9. The second kappa shape index (κ2) is 14.2. The van der Waals surface area contributed by atoms with Crippen LogP contribution in [-0.4, -0.2) is 16.8 Å². The Labute approximate surface area is 152 Å². The molecule has 0 saturated heterocycles. The van der Waals surface area contributed by atoms with Crippen LogP contribution in [0.15, 0.2) is 36.7 Å². The summed E-state index contributed by atoms with van der Waals surface area (Å²) >= 11 is 0. The van der Waals surface area contributed by atoms with Crippen molar-refractivity contribution in [1.82, 2.24) is 10.2 Å². The second-order valence-electron chi connectivity index (χ2n) is 6.28. The van der Waals surface area contributed by atoms with Crippen molar-refractivity contribution >= 4 is 11.4 Å². The van der Waals surface area contributed by atoms with Crippen LogP contribution in [0, 0.1) is 0 Å². The highest BCUT2D eigenvalue weighted by Crippen LogP contribution is 2.14. The van der Waals surface area contributed by atoms with Crippen molar-refractivity contribution in [2.24, 2.45) is 0 Å². The molecule has 1 aromatic heterocycles. The molecule has 0 amide bonds. The standard InChI is InChI=1S/C17H29NO.C3H5N3/c1-2-3-4-5-6-7-8-9-10-15-19-17-13-11-16(18)12-14-17;4-3-1-5-6-2-3/h11-14H,2-10,15,18H2,1H3;1-2H,4H2,(H,5,6). The van der Waals surface area contributed by atoms with Crippen LogP contribution in [0.2, 0.25) is 0 Å². The zero-order valence-corrected chi connectivity index (χ0v) is 15.5. The van der Waals surface area contributed by atoms with Crippen molar-refractivity contribution in [2.75, 3.05) is 18.1 Å². The summed E-state index contributed by atoms with van der Waals surface area (Å²) in [6.45, 7) is 3.08. The minimum Gasteiger partial charge on any atom is -0.494 e. The zero-order valence-electron chi connectivity index (χ0n) is 15.5. The van der Waals surface area contributed by atoms with E-state index in [0.29, 0.717) is 5.69 Å². The molecule has 5 nitrogen and oxygen atoms in total. The average Bonchev–Trinajstić information content (AvgIpc) is 3.10. The predicted molar refractivity (Wildman–Crippen MR) is 107 cm³/mol. The normalized spacial score (nSPS) is 10.1. The number of aromatic amines is 1. The van der Waals surface area contributed by atoms with Gasteiger partial charge in [0.15, 0.2) is 0 Å². The van der Waals surface area contributed by atoms with E-state index < -0.39 is 0 Å². The van der Waals surface area contributed by atoms with Crippen molar-refractivity contribution < 1.29 is 4.74 Å². The first-order chi connectivity index (χ1) is 12.2.